The number of hydrogen-bond donors (Lipinski definition) is 0. The number of benzene rings is 1. The van der Waals surface area contributed by atoms with Crippen molar-refractivity contribution in [2.24, 2.45) is 0 Å². The molecule has 1 radical (unpaired) electrons. The average Bonchev–Trinajstić information content (AvgIpc) is 2.54. The van der Waals surface area contributed by atoms with E-state index in [1.165, 1.54) is 5.39 Å². The normalized spacial score (nSPS) is 16.9. The molecule has 2 nitrogen and oxygen atoms in total. The zero-order chi connectivity index (χ0) is 13.4. The van der Waals surface area contributed by atoms with Gasteiger partial charge in [-0.25, -0.2) is 4.98 Å². The summed E-state index contributed by atoms with van der Waals surface area (Å²) in [6.07, 6.45) is 13.6. The SMILES string of the molecule is [C]1=CC=C(c2ccc3ccccc3n2)C2=CC=CCN12. The Hall–Kier alpha value is -2.61. The molecule has 2 aliphatic heterocycles. The van der Waals surface area contributed by atoms with Crippen LogP contribution in [0.15, 0.2) is 72.5 Å². The minimum Gasteiger partial charge on any atom is -0.335 e. The molecule has 0 saturated carbocycles. The number of pyridine rings is 1. The molecule has 0 atom stereocenters. The zero-order valence-electron chi connectivity index (χ0n) is 11.0. The molecule has 0 fully saturated rings. The van der Waals surface area contributed by atoms with Crippen LogP contribution in [-0.4, -0.2) is 16.4 Å². The van der Waals surface area contributed by atoms with Crippen LogP contribution in [0.1, 0.15) is 5.69 Å². The third-order valence-electron chi connectivity index (χ3n) is 3.60. The molecule has 95 valence electrons. The first kappa shape index (κ1) is 11.2. The van der Waals surface area contributed by atoms with E-state index in [1.807, 2.05) is 18.2 Å². The Kier molecular flexibility index (Phi) is 2.52. The van der Waals surface area contributed by atoms with Crippen LogP contribution >= 0.6 is 0 Å². The van der Waals surface area contributed by atoms with E-state index in [1.54, 1.807) is 0 Å². The first-order valence-corrected chi connectivity index (χ1v) is 6.72. The van der Waals surface area contributed by atoms with Crippen LogP contribution in [0.3, 0.4) is 0 Å². The molecule has 0 spiro atoms. The van der Waals surface area contributed by atoms with Crippen molar-refractivity contribution in [3.63, 3.8) is 0 Å². The van der Waals surface area contributed by atoms with Crippen LogP contribution in [0.25, 0.3) is 16.5 Å². The van der Waals surface area contributed by atoms with Crippen molar-refractivity contribution in [2.75, 3.05) is 6.54 Å². The maximum Gasteiger partial charge on any atom is 0.0730 e. The second-order valence-corrected chi connectivity index (χ2v) is 4.86. The second kappa shape index (κ2) is 4.49. The summed E-state index contributed by atoms with van der Waals surface area (Å²) in [5.74, 6) is 0. The Morgan fingerprint density at radius 3 is 3.00 bits per heavy atom. The Labute approximate surface area is 118 Å². The average molecular weight is 257 g/mol. The fraction of sp³-hybridized carbons (Fsp3) is 0.0556. The van der Waals surface area contributed by atoms with Crippen LogP contribution in [0.4, 0.5) is 0 Å². The van der Waals surface area contributed by atoms with E-state index in [0.29, 0.717) is 0 Å². The van der Waals surface area contributed by atoms with Crippen molar-refractivity contribution in [2.45, 2.75) is 0 Å². The summed E-state index contributed by atoms with van der Waals surface area (Å²) in [5.41, 5.74) is 4.35. The molecule has 0 aliphatic carbocycles. The fourth-order valence-corrected chi connectivity index (χ4v) is 2.60. The van der Waals surface area contributed by atoms with Gasteiger partial charge in [0.15, 0.2) is 0 Å². The van der Waals surface area contributed by atoms with E-state index in [-0.39, 0.29) is 0 Å². The fourth-order valence-electron chi connectivity index (χ4n) is 2.60. The predicted octanol–water partition coefficient (Wildman–Crippen LogP) is 3.70. The Bertz CT molecular complexity index is 794. The molecule has 1 aromatic heterocycles. The number of hydrogen-bond acceptors (Lipinski definition) is 2. The first-order chi connectivity index (χ1) is 9.92. The molecule has 0 bridgehead atoms. The van der Waals surface area contributed by atoms with Crippen molar-refractivity contribution >= 4 is 16.5 Å². The van der Waals surface area contributed by atoms with Gasteiger partial charge in [-0.3, -0.25) is 0 Å². The van der Waals surface area contributed by atoms with Gasteiger partial charge in [-0.05, 0) is 30.4 Å². The molecule has 0 amide bonds. The van der Waals surface area contributed by atoms with Crippen LogP contribution < -0.4 is 0 Å². The van der Waals surface area contributed by atoms with Gasteiger partial charge >= 0.3 is 0 Å². The van der Waals surface area contributed by atoms with Crippen molar-refractivity contribution in [1.29, 1.82) is 0 Å². The summed E-state index contributed by atoms with van der Waals surface area (Å²) in [5, 5.41) is 1.17. The lowest BCUT2D eigenvalue weighted by molar-refractivity contribution is 0.505. The van der Waals surface area contributed by atoms with Crippen LogP contribution in [0.5, 0.6) is 0 Å². The highest BCUT2D eigenvalue weighted by atomic mass is 15.1. The van der Waals surface area contributed by atoms with Crippen molar-refractivity contribution in [1.82, 2.24) is 9.88 Å². The molecule has 2 aliphatic rings. The molecule has 4 rings (SSSR count). The number of rotatable bonds is 1. The summed E-state index contributed by atoms with van der Waals surface area (Å²) < 4.78 is 0. The van der Waals surface area contributed by atoms with Gasteiger partial charge in [0, 0.05) is 17.5 Å². The minimum atomic E-state index is 0.868. The first-order valence-electron chi connectivity index (χ1n) is 6.72. The number of para-hydroxylation sites is 1. The molecule has 2 heteroatoms. The van der Waals surface area contributed by atoms with Crippen molar-refractivity contribution < 1.29 is 0 Å². The summed E-state index contributed by atoms with van der Waals surface area (Å²) in [6.45, 7) is 0.868. The smallest absolute Gasteiger partial charge is 0.0730 e. The Balaban J connectivity index is 1.85. The molecule has 0 saturated heterocycles. The lowest BCUT2D eigenvalue weighted by Crippen LogP contribution is -2.22. The van der Waals surface area contributed by atoms with Gasteiger partial charge in [-0.1, -0.05) is 36.4 Å². The van der Waals surface area contributed by atoms with Crippen LogP contribution in [-0.2, 0) is 0 Å². The molecule has 20 heavy (non-hydrogen) atoms. The zero-order valence-corrected chi connectivity index (χ0v) is 11.0. The van der Waals surface area contributed by atoms with Crippen LogP contribution in [0.2, 0.25) is 0 Å². The van der Waals surface area contributed by atoms with Crippen molar-refractivity contribution in [3.8, 4) is 0 Å². The minimum absolute atomic E-state index is 0.868. The van der Waals surface area contributed by atoms with Gasteiger partial charge in [0.05, 0.1) is 23.1 Å². The van der Waals surface area contributed by atoms with Gasteiger partial charge in [-0.2, -0.15) is 0 Å². The predicted molar refractivity (Wildman–Crippen MR) is 81.5 cm³/mol. The highest BCUT2D eigenvalue weighted by Gasteiger charge is 2.18. The maximum absolute atomic E-state index is 4.78. The second-order valence-electron chi connectivity index (χ2n) is 4.86. The standard InChI is InChI=1S/C18H13N2/c1-2-8-16-14(6-1)10-11-17(19-16)15-7-5-13-20-12-4-3-9-18(15)20/h1-11H,12H2. The van der Waals surface area contributed by atoms with Crippen molar-refractivity contribution in [3.05, 3.63) is 84.4 Å². The Morgan fingerprint density at radius 2 is 2.00 bits per heavy atom. The lowest BCUT2D eigenvalue weighted by Gasteiger charge is -2.27. The molecular formula is C18H13N2. The quantitative estimate of drug-likeness (QED) is 0.774. The molecule has 0 N–H and O–H groups in total. The van der Waals surface area contributed by atoms with Gasteiger partial charge in [0.2, 0.25) is 0 Å². The van der Waals surface area contributed by atoms with E-state index in [9.17, 15) is 0 Å². The summed E-state index contributed by atoms with van der Waals surface area (Å²) in [6, 6.07) is 12.4. The van der Waals surface area contributed by atoms with E-state index < -0.39 is 0 Å². The summed E-state index contributed by atoms with van der Waals surface area (Å²) in [7, 11) is 0. The molecule has 1 aromatic carbocycles. The molecule has 0 unspecified atom stereocenters. The molecular weight excluding hydrogens is 244 g/mol. The number of allylic oxidation sites excluding steroid dienone is 5. The monoisotopic (exact) mass is 257 g/mol. The van der Waals surface area contributed by atoms with E-state index in [0.717, 1.165) is 29.0 Å². The van der Waals surface area contributed by atoms with E-state index >= 15 is 0 Å². The van der Waals surface area contributed by atoms with E-state index in [2.05, 4.69) is 59.7 Å². The lowest BCUT2D eigenvalue weighted by atomic mass is 10.0. The van der Waals surface area contributed by atoms with Gasteiger partial charge in [0.25, 0.3) is 0 Å². The highest BCUT2D eigenvalue weighted by molar-refractivity contribution is 5.85. The van der Waals surface area contributed by atoms with E-state index in [4.69, 9.17) is 4.98 Å². The number of nitrogens with zero attached hydrogens (tertiary/aromatic N) is 2. The number of aromatic nitrogens is 1. The topological polar surface area (TPSA) is 16.1 Å². The van der Waals surface area contributed by atoms with Gasteiger partial charge in [-0.15, -0.1) is 0 Å². The summed E-state index contributed by atoms with van der Waals surface area (Å²) >= 11 is 0. The maximum atomic E-state index is 4.78. The molecule has 3 heterocycles. The third kappa shape index (κ3) is 1.77. The number of fused-ring (bicyclic) bond motifs is 2. The largest absolute Gasteiger partial charge is 0.335 e. The van der Waals surface area contributed by atoms with Crippen LogP contribution in [0, 0.1) is 6.20 Å². The summed E-state index contributed by atoms with van der Waals surface area (Å²) in [4.78, 5) is 6.90. The Morgan fingerprint density at radius 1 is 1.05 bits per heavy atom. The van der Waals surface area contributed by atoms with Gasteiger partial charge < -0.3 is 4.90 Å². The molecule has 2 aromatic rings. The highest BCUT2D eigenvalue weighted by Crippen LogP contribution is 2.30. The third-order valence-corrected chi connectivity index (χ3v) is 3.60. The van der Waals surface area contributed by atoms with Gasteiger partial charge in [0.1, 0.15) is 0 Å².